The normalized spacial score (nSPS) is 41.8. The summed E-state index contributed by atoms with van der Waals surface area (Å²) in [6.07, 6.45) is 4.27. The molecule has 0 aromatic carbocycles. The number of hydrogen-bond acceptors (Lipinski definition) is 2. The first-order valence-electron chi connectivity index (χ1n) is 7.39. The fourth-order valence-corrected chi connectivity index (χ4v) is 4.35. The van der Waals surface area contributed by atoms with Crippen LogP contribution in [0.5, 0.6) is 0 Å². The highest BCUT2D eigenvalue weighted by molar-refractivity contribution is 5.85. The third kappa shape index (κ3) is 3.40. The fraction of sp³-hybridized carbons (Fsp3) is 1.00. The summed E-state index contributed by atoms with van der Waals surface area (Å²) in [7, 11) is 0. The van der Waals surface area contributed by atoms with Crippen LogP contribution in [0.4, 0.5) is 8.78 Å². The molecule has 0 bridgehead atoms. The van der Waals surface area contributed by atoms with E-state index in [9.17, 15) is 8.78 Å². The van der Waals surface area contributed by atoms with Crippen LogP contribution in [0.1, 0.15) is 38.5 Å². The second-order valence-electron chi connectivity index (χ2n) is 6.70. The van der Waals surface area contributed by atoms with Crippen LogP contribution in [0.15, 0.2) is 0 Å². The molecule has 0 spiro atoms. The smallest absolute Gasteiger partial charge is 0.248 e. The Labute approximate surface area is 120 Å². The molecule has 0 aromatic heterocycles. The zero-order valence-corrected chi connectivity index (χ0v) is 12.2. The van der Waals surface area contributed by atoms with Gasteiger partial charge in [-0.1, -0.05) is 0 Å². The Morgan fingerprint density at radius 3 is 2.63 bits per heavy atom. The van der Waals surface area contributed by atoms with Crippen molar-refractivity contribution in [3.05, 3.63) is 0 Å². The van der Waals surface area contributed by atoms with Gasteiger partial charge in [-0.15, -0.1) is 12.4 Å². The summed E-state index contributed by atoms with van der Waals surface area (Å²) >= 11 is 0. The molecule has 1 saturated heterocycles. The number of alkyl halides is 2. The van der Waals surface area contributed by atoms with Crippen molar-refractivity contribution in [3.63, 3.8) is 0 Å². The minimum atomic E-state index is -2.41. The van der Waals surface area contributed by atoms with Gasteiger partial charge in [-0.05, 0) is 43.4 Å². The predicted molar refractivity (Wildman–Crippen MR) is 74.8 cm³/mol. The van der Waals surface area contributed by atoms with Gasteiger partial charge in [0, 0.05) is 38.5 Å². The molecule has 2 nitrogen and oxygen atoms in total. The van der Waals surface area contributed by atoms with Gasteiger partial charge in [0.25, 0.3) is 0 Å². The van der Waals surface area contributed by atoms with Crippen LogP contribution in [-0.4, -0.2) is 36.5 Å². The minimum absolute atomic E-state index is 0. The molecule has 0 amide bonds. The lowest BCUT2D eigenvalue weighted by Gasteiger charge is -2.32. The van der Waals surface area contributed by atoms with Crippen molar-refractivity contribution in [1.29, 1.82) is 0 Å². The van der Waals surface area contributed by atoms with Crippen molar-refractivity contribution >= 4 is 12.4 Å². The van der Waals surface area contributed by atoms with Crippen LogP contribution in [0.3, 0.4) is 0 Å². The molecule has 4 atom stereocenters. The highest BCUT2D eigenvalue weighted by atomic mass is 35.5. The standard InChI is InChI=1S/C14H24F2N2.ClH/c15-14(16)5-1-2-10(6-14)7-18-8-11-3-4-13(17)12(11)9-18;/h10-13H,1-9,17H2;1H. The molecule has 112 valence electrons. The Kier molecular flexibility index (Phi) is 4.74. The van der Waals surface area contributed by atoms with Crippen LogP contribution in [0.2, 0.25) is 0 Å². The zero-order chi connectivity index (χ0) is 12.8. The highest BCUT2D eigenvalue weighted by Crippen LogP contribution is 2.40. The van der Waals surface area contributed by atoms with Gasteiger partial charge in [-0.2, -0.15) is 0 Å². The molecule has 1 aliphatic heterocycles. The molecular formula is C14H25ClF2N2. The maximum atomic E-state index is 13.4. The molecule has 3 fully saturated rings. The van der Waals surface area contributed by atoms with Crippen LogP contribution in [-0.2, 0) is 0 Å². The first-order chi connectivity index (χ1) is 8.53. The molecule has 5 heteroatoms. The molecule has 1 heterocycles. The van der Waals surface area contributed by atoms with Gasteiger partial charge >= 0.3 is 0 Å². The molecular weight excluding hydrogens is 270 g/mol. The summed E-state index contributed by atoms with van der Waals surface area (Å²) < 4.78 is 26.8. The fourth-order valence-electron chi connectivity index (χ4n) is 4.35. The average Bonchev–Trinajstić information content (AvgIpc) is 2.80. The average molecular weight is 295 g/mol. The van der Waals surface area contributed by atoms with Gasteiger partial charge < -0.3 is 10.6 Å². The number of nitrogens with zero attached hydrogens (tertiary/aromatic N) is 1. The van der Waals surface area contributed by atoms with Gasteiger partial charge in [-0.3, -0.25) is 0 Å². The quantitative estimate of drug-likeness (QED) is 0.848. The topological polar surface area (TPSA) is 29.3 Å². The summed E-state index contributed by atoms with van der Waals surface area (Å²) in [5.74, 6) is -0.837. The molecule has 2 N–H and O–H groups in total. The molecule has 0 aromatic rings. The van der Waals surface area contributed by atoms with Crippen LogP contribution < -0.4 is 5.73 Å². The summed E-state index contributed by atoms with van der Waals surface area (Å²) in [4.78, 5) is 2.40. The molecule has 2 aliphatic carbocycles. The molecule has 2 saturated carbocycles. The summed E-state index contributed by atoms with van der Waals surface area (Å²) in [5, 5.41) is 0. The van der Waals surface area contributed by atoms with E-state index >= 15 is 0 Å². The maximum absolute atomic E-state index is 13.4. The first kappa shape index (κ1) is 15.5. The van der Waals surface area contributed by atoms with Crippen molar-refractivity contribution in [3.8, 4) is 0 Å². The van der Waals surface area contributed by atoms with E-state index in [0.29, 0.717) is 18.4 Å². The number of likely N-dealkylation sites (tertiary alicyclic amines) is 1. The van der Waals surface area contributed by atoms with E-state index in [1.54, 1.807) is 0 Å². The maximum Gasteiger partial charge on any atom is 0.248 e. The van der Waals surface area contributed by atoms with E-state index < -0.39 is 5.92 Å². The minimum Gasteiger partial charge on any atom is -0.327 e. The second-order valence-corrected chi connectivity index (χ2v) is 6.70. The van der Waals surface area contributed by atoms with Gasteiger partial charge in [0.2, 0.25) is 5.92 Å². The van der Waals surface area contributed by atoms with Crippen molar-refractivity contribution in [1.82, 2.24) is 4.90 Å². The summed E-state index contributed by atoms with van der Waals surface area (Å²) in [6.45, 7) is 3.02. The first-order valence-corrected chi connectivity index (χ1v) is 7.39. The van der Waals surface area contributed by atoms with Crippen LogP contribution in [0, 0.1) is 17.8 Å². The Morgan fingerprint density at radius 1 is 1.16 bits per heavy atom. The van der Waals surface area contributed by atoms with Gasteiger partial charge in [0.05, 0.1) is 0 Å². The third-order valence-electron chi connectivity index (χ3n) is 5.25. The van der Waals surface area contributed by atoms with Gasteiger partial charge in [0.1, 0.15) is 0 Å². The van der Waals surface area contributed by atoms with E-state index in [4.69, 9.17) is 5.73 Å². The lowest BCUT2D eigenvalue weighted by Crippen LogP contribution is -2.36. The third-order valence-corrected chi connectivity index (χ3v) is 5.25. The Bertz CT molecular complexity index is 314. The van der Waals surface area contributed by atoms with Crippen LogP contribution >= 0.6 is 12.4 Å². The van der Waals surface area contributed by atoms with Crippen molar-refractivity contribution in [2.75, 3.05) is 19.6 Å². The van der Waals surface area contributed by atoms with Crippen LogP contribution in [0.25, 0.3) is 0 Å². The predicted octanol–water partition coefficient (Wildman–Crippen LogP) is 2.90. The summed E-state index contributed by atoms with van der Waals surface area (Å²) in [5.41, 5.74) is 6.11. The Morgan fingerprint density at radius 2 is 1.95 bits per heavy atom. The zero-order valence-electron chi connectivity index (χ0n) is 11.4. The van der Waals surface area contributed by atoms with Gasteiger partial charge in [-0.25, -0.2) is 8.78 Å². The van der Waals surface area contributed by atoms with Crippen molar-refractivity contribution in [2.24, 2.45) is 23.5 Å². The number of fused-ring (bicyclic) bond motifs is 1. The summed E-state index contributed by atoms with van der Waals surface area (Å²) in [6, 6.07) is 0.354. The van der Waals surface area contributed by atoms with E-state index in [1.165, 1.54) is 6.42 Å². The van der Waals surface area contributed by atoms with Gasteiger partial charge in [0.15, 0.2) is 0 Å². The largest absolute Gasteiger partial charge is 0.327 e. The molecule has 3 aliphatic rings. The monoisotopic (exact) mass is 294 g/mol. The number of rotatable bonds is 2. The van der Waals surface area contributed by atoms with Crippen molar-refractivity contribution in [2.45, 2.75) is 50.5 Å². The number of nitrogens with two attached hydrogens (primary N) is 1. The number of hydrogen-bond donors (Lipinski definition) is 1. The number of halogens is 3. The molecule has 3 rings (SSSR count). The van der Waals surface area contributed by atoms with E-state index in [-0.39, 0.29) is 31.2 Å². The van der Waals surface area contributed by atoms with E-state index in [0.717, 1.165) is 38.4 Å². The Balaban J connectivity index is 0.00000133. The molecule has 0 radical (unpaired) electrons. The van der Waals surface area contributed by atoms with E-state index in [2.05, 4.69) is 4.90 Å². The second kappa shape index (κ2) is 5.82. The lowest BCUT2D eigenvalue weighted by molar-refractivity contribution is -0.0563. The molecule has 4 unspecified atom stereocenters. The Hall–Kier alpha value is 0.0700. The van der Waals surface area contributed by atoms with E-state index in [1.807, 2.05) is 0 Å². The van der Waals surface area contributed by atoms with Crippen molar-refractivity contribution < 1.29 is 8.78 Å². The SMILES string of the molecule is Cl.NC1CCC2CN(CC3CCCC(F)(F)C3)CC12. The lowest BCUT2D eigenvalue weighted by atomic mass is 9.86. The molecule has 19 heavy (non-hydrogen) atoms. The highest BCUT2D eigenvalue weighted by Gasteiger charge is 2.42.